The smallest absolute Gasteiger partial charge is 0.344 e. The molecule has 0 aliphatic carbocycles. The number of nitrogens with zero attached hydrogens (tertiary/aromatic N) is 1. The molecule has 0 spiro atoms. The molecular formula is C20H18ClNO4. The predicted molar refractivity (Wildman–Crippen MR) is 98.5 cm³/mol. The number of rotatable bonds is 5. The summed E-state index contributed by atoms with van der Waals surface area (Å²) in [5.41, 5.74) is 3.09. The molecule has 0 unspecified atom stereocenters. The fourth-order valence-corrected chi connectivity index (χ4v) is 2.91. The summed E-state index contributed by atoms with van der Waals surface area (Å²) in [5.74, 6) is 0.514. The van der Waals surface area contributed by atoms with Gasteiger partial charge in [-0.25, -0.2) is 4.79 Å². The maximum absolute atomic E-state index is 12.7. The average molecular weight is 372 g/mol. The van der Waals surface area contributed by atoms with E-state index in [2.05, 4.69) is 5.16 Å². The van der Waals surface area contributed by atoms with Gasteiger partial charge >= 0.3 is 5.97 Å². The Morgan fingerprint density at radius 1 is 1.19 bits per heavy atom. The number of methoxy groups -OCH3 is 1. The summed E-state index contributed by atoms with van der Waals surface area (Å²) in [5, 5.41) is 4.47. The molecule has 0 amide bonds. The third-order valence-electron chi connectivity index (χ3n) is 3.99. The van der Waals surface area contributed by atoms with Crippen LogP contribution in [0.5, 0.6) is 5.75 Å². The highest BCUT2D eigenvalue weighted by molar-refractivity contribution is 6.33. The van der Waals surface area contributed by atoms with Crippen LogP contribution in [0.3, 0.4) is 0 Å². The molecule has 3 aromatic rings. The van der Waals surface area contributed by atoms with E-state index >= 15 is 0 Å². The maximum Gasteiger partial charge on any atom is 0.344 e. The second-order valence-corrected chi connectivity index (χ2v) is 6.24. The minimum Gasteiger partial charge on any atom is -0.496 e. The summed E-state index contributed by atoms with van der Waals surface area (Å²) < 4.78 is 16.0. The fourth-order valence-electron chi connectivity index (χ4n) is 2.69. The summed E-state index contributed by atoms with van der Waals surface area (Å²) in [4.78, 5) is 12.7. The Hall–Kier alpha value is -2.79. The average Bonchev–Trinajstić information content (AvgIpc) is 3.01. The number of ether oxygens (including phenoxy) is 2. The molecule has 6 heteroatoms. The van der Waals surface area contributed by atoms with Crippen molar-refractivity contribution in [1.82, 2.24) is 5.16 Å². The van der Waals surface area contributed by atoms with Crippen molar-refractivity contribution in [3.8, 4) is 17.0 Å². The number of carbonyl (C=O) groups excluding carboxylic acids is 1. The minimum absolute atomic E-state index is 0.0796. The molecule has 26 heavy (non-hydrogen) atoms. The Morgan fingerprint density at radius 2 is 1.96 bits per heavy atom. The number of hydrogen-bond donors (Lipinski definition) is 0. The second kappa shape index (κ2) is 7.62. The Kier molecular flexibility index (Phi) is 5.28. The number of hydrogen-bond acceptors (Lipinski definition) is 5. The molecule has 0 fully saturated rings. The van der Waals surface area contributed by atoms with Crippen LogP contribution in [0.15, 0.2) is 47.0 Å². The molecule has 0 saturated carbocycles. The predicted octanol–water partition coefficient (Wildman–Crippen LogP) is 4.98. The first kappa shape index (κ1) is 18.0. The van der Waals surface area contributed by atoms with Gasteiger partial charge in [0.2, 0.25) is 0 Å². The zero-order valence-corrected chi connectivity index (χ0v) is 15.5. The van der Waals surface area contributed by atoms with Gasteiger partial charge in [-0.2, -0.15) is 0 Å². The van der Waals surface area contributed by atoms with Crippen molar-refractivity contribution in [1.29, 1.82) is 0 Å². The van der Waals surface area contributed by atoms with E-state index in [1.165, 1.54) is 0 Å². The number of benzene rings is 2. The van der Waals surface area contributed by atoms with Crippen molar-refractivity contribution in [2.45, 2.75) is 20.5 Å². The fraction of sp³-hybridized carbons (Fsp3) is 0.200. The second-order valence-electron chi connectivity index (χ2n) is 5.83. The van der Waals surface area contributed by atoms with Crippen LogP contribution in [0, 0.1) is 13.8 Å². The summed E-state index contributed by atoms with van der Waals surface area (Å²) in [6.07, 6.45) is 0. The number of aryl methyl sites for hydroxylation is 2. The lowest BCUT2D eigenvalue weighted by molar-refractivity contribution is 0.0469. The molecule has 0 atom stereocenters. The molecule has 0 N–H and O–H groups in total. The van der Waals surface area contributed by atoms with Crippen LogP contribution in [0.1, 0.15) is 27.2 Å². The lowest BCUT2D eigenvalue weighted by Gasteiger charge is -2.10. The van der Waals surface area contributed by atoms with Crippen LogP contribution in [0.4, 0.5) is 0 Å². The minimum atomic E-state index is -0.526. The SMILES string of the molecule is COc1ccc(C)cc1COC(=O)c1c(-c2ccccc2Cl)noc1C. The quantitative estimate of drug-likeness (QED) is 0.592. The van der Waals surface area contributed by atoms with Gasteiger partial charge in [0, 0.05) is 11.1 Å². The van der Waals surface area contributed by atoms with Crippen LogP contribution in [0.25, 0.3) is 11.3 Å². The molecule has 2 aromatic carbocycles. The Morgan fingerprint density at radius 3 is 2.69 bits per heavy atom. The molecule has 0 radical (unpaired) electrons. The molecule has 0 aliphatic rings. The van der Waals surface area contributed by atoms with Crippen molar-refractivity contribution in [3.63, 3.8) is 0 Å². The van der Waals surface area contributed by atoms with E-state index in [0.29, 0.717) is 27.8 Å². The zero-order valence-electron chi connectivity index (χ0n) is 14.7. The standard InChI is InChI=1S/C20H18ClNO4/c1-12-8-9-17(24-3)14(10-12)11-25-20(23)18-13(2)26-22-19(18)15-6-4-5-7-16(15)21/h4-10H,11H2,1-3H3. The molecule has 0 aliphatic heterocycles. The van der Waals surface area contributed by atoms with Crippen molar-refractivity contribution < 1.29 is 18.8 Å². The lowest BCUT2D eigenvalue weighted by atomic mass is 10.1. The van der Waals surface area contributed by atoms with Gasteiger partial charge in [0.05, 0.1) is 12.1 Å². The summed E-state index contributed by atoms with van der Waals surface area (Å²) in [6, 6.07) is 12.8. The number of halogens is 1. The molecule has 0 saturated heterocycles. The Balaban J connectivity index is 1.87. The van der Waals surface area contributed by atoms with Crippen LogP contribution >= 0.6 is 11.6 Å². The summed E-state index contributed by atoms with van der Waals surface area (Å²) in [7, 11) is 1.58. The van der Waals surface area contributed by atoms with E-state index in [0.717, 1.165) is 11.1 Å². The third kappa shape index (κ3) is 3.58. The van der Waals surface area contributed by atoms with Crippen LogP contribution in [0.2, 0.25) is 5.02 Å². The highest BCUT2D eigenvalue weighted by Crippen LogP contribution is 2.31. The van der Waals surface area contributed by atoms with Crippen molar-refractivity contribution in [3.05, 3.63) is 69.9 Å². The summed E-state index contributed by atoms with van der Waals surface area (Å²) in [6.45, 7) is 3.71. The van der Waals surface area contributed by atoms with Gasteiger partial charge < -0.3 is 14.0 Å². The van der Waals surface area contributed by atoms with E-state index in [1.807, 2.05) is 31.2 Å². The number of aromatic nitrogens is 1. The first-order valence-electron chi connectivity index (χ1n) is 8.03. The number of carbonyl (C=O) groups is 1. The largest absolute Gasteiger partial charge is 0.496 e. The van der Waals surface area contributed by atoms with Gasteiger partial charge in [-0.1, -0.05) is 46.6 Å². The summed E-state index contributed by atoms with van der Waals surface area (Å²) >= 11 is 6.22. The Labute approximate surface area is 156 Å². The van der Waals surface area contributed by atoms with Crippen molar-refractivity contribution in [2.75, 3.05) is 7.11 Å². The molecular weight excluding hydrogens is 354 g/mol. The lowest BCUT2D eigenvalue weighted by Crippen LogP contribution is -2.08. The third-order valence-corrected chi connectivity index (χ3v) is 4.32. The van der Waals surface area contributed by atoms with Crippen molar-refractivity contribution in [2.24, 2.45) is 0 Å². The van der Waals surface area contributed by atoms with E-state index in [-0.39, 0.29) is 12.2 Å². The highest BCUT2D eigenvalue weighted by Gasteiger charge is 2.24. The molecule has 0 bridgehead atoms. The van der Waals surface area contributed by atoms with Crippen LogP contribution < -0.4 is 4.74 Å². The zero-order chi connectivity index (χ0) is 18.7. The first-order valence-corrected chi connectivity index (χ1v) is 8.41. The van der Waals surface area contributed by atoms with Crippen LogP contribution in [-0.2, 0) is 11.3 Å². The normalized spacial score (nSPS) is 10.6. The first-order chi connectivity index (χ1) is 12.5. The van der Waals surface area contributed by atoms with E-state index < -0.39 is 5.97 Å². The number of esters is 1. The molecule has 5 nitrogen and oxygen atoms in total. The van der Waals surface area contributed by atoms with Gasteiger partial charge in [-0.3, -0.25) is 0 Å². The van der Waals surface area contributed by atoms with Gasteiger partial charge in [0.1, 0.15) is 29.4 Å². The molecule has 1 heterocycles. The topological polar surface area (TPSA) is 61.6 Å². The molecule has 134 valence electrons. The van der Waals surface area contributed by atoms with Gasteiger partial charge in [0.15, 0.2) is 0 Å². The van der Waals surface area contributed by atoms with Crippen LogP contribution in [-0.4, -0.2) is 18.2 Å². The molecule has 3 rings (SSSR count). The van der Waals surface area contributed by atoms with E-state index in [1.54, 1.807) is 32.2 Å². The van der Waals surface area contributed by atoms with E-state index in [4.69, 9.17) is 25.6 Å². The van der Waals surface area contributed by atoms with Gasteiger partial charge in [-0.05, 0) is 32.0 Å². The molecule has 1 aromatic heterocycles. The van der Waals surface area contributed by atoms with Gasteiger partial charge in [-0.15, -0.1) is 0 Å². The van der Waals surface area contributed by atoms with E-state index in [9.17, 15) is 4.79 Å². The maximum atomic E-state index is 12.7. The Bertz CT molecular complexity index is 949. The highest BCUT2D eigenvalue weighted by atomic mass is 35.5. The monoisotopic (exact) mass is 371 g/mol. The van der Waals surface area contributed by atoms with Crippen molar-refractivity contribution >= 4 is 17.6 Å². The van der Waals surface area contributed by atoms with Gasteiger partial charge in [0.25, 0.3) is 0 Å².